The third-order valence-corrected chi connectivity index (χ3v) is 5.94. The molecule has 1 heterocycles. The number of imidazole rings is 1. The van der Waals surface area contributed by atoms with Crippen LogP contribution >= 0.6 is 0 Å². The van der Waals surface area contributed by atoms with E-state index in [0.717, 1.165) is 0 Å². The molecule has 0 spiro atoms. The van der Waals surface area contributed by atoms with Crippen molar-refractivity contribution in [3.05, 3.63) is 48.0 Å². The molecule has 0 saturated heterocycles. The normalized spacial score (nSPS) is 14.1. The van der Waals surface area contributed by atoms with E-state index in [0.29, 0.717) is 11.3 Å². The Hall–Kier alpha value is -4.46. The average molecular weight is 546 g/mol. The van der Waals surface area contributed by atoms with Crippen molar-refractivity contribution in [1.82, 2.24) is 25.9 Å². The van der Waals surface area contributed by atoms with E-state index < -0.39 is 53.8 Å². The van der Waals surface area contributed by atoms with Gasteiger partial charge in [-0.25, -0.2) is 9.78 Å². The first kappa shape index (κ1) is 30.8. The quantitative estimate of drug-likeness (QED) is 0.132. The van der Waals surface area contributed by atoms with Crippen molar-refractivity contribution in [1.29, 1.82) is 0 Å². The van der Waals surface area contributed by atoms with Crippen molar-refractivity contribution in [2.45, 2.75) is 63.7 Å². The average Bonchev–Trinajstić information content (AvgIpc) is 3.39. The van der Waals surface area contributed by atoms with Gasteiger partial charge in [-0.15, -0.1) is 0 Å². The molecule has 0 aliphatic carbocycles. The number of carbonyl (C=O) groups excluding carboxylic acids is 4. The van der Waals surface area contributed by atoms with E-state index in [1.165, 1.54) is 36.8 Å². The van der Waals surface area contributed by atoms with Crippen molar-refractivity contribution < 1.29 is 34.2 Å². The Morgan fingerprint density at radius 1 is 0.923 bits per heavy atom. The molecule has 4 amide bonds. The number of phenolic OH excluding ortho intramolecular Hbond substituents is 1. The number of phenols is 1. The number of amides is 4. The van der Waals surface area contributed by atoms with Gasteiger partial charge in [0.15, 0.2) is 0 Å². The second-order valence-electron chi connectivity index (χ2n) is 9.45. The second kappa shape index (κ2) is 14.5. The number of rotatable bonds is 15. The molecule has 0 saturated carbocycles. The Morgan fingerprint density at radius 3 is 2.05 bits per heavy atom. The Kier molecular flexibility index (Phi) is 11.4. The number of aliphatic carboxylic acids is 1. The fraction of sp³-hybridized carbons (Fsp3) is 0.440. The number of nitrogens with one attached hydrogen (secondary N) is 4. The Morgan fingerprint density at radius 2 is 1.51 bits per heavy atom. The third-order valence-electron chi connectivity index (χ3n) is 5.94. The minimum Gasteiger partial charge on any atom is -0.508 e. The number of hydrogen-bond donors (Lipinski definition) is 8. The molecule has 0 radical (unpaired) electrons. The summed E-state index contributed by atoms with van der Waals surface area (Å²) in [5.41, 5.74) is 12.2. The van der Waals surface area contributed by atoms with E-state index in [2.05, 4.69) is 25.9 Å². The maximum atomic E-state index is 13.3. The van der Waals surface area contributed by atoms with Crippen LogP contribution in [0.5, 0.6) is 5.75 Å². The predicted octanol–water partition coefficient (Wildman–Crippen LogP) is -1.31. The molecule has 14 heteroatoms. The maximum Gasteiger partial charge on any atom is 0.326 e. The minimum atomic E-state index is -1.38. The molecule has 14 nitrogen and oxygen atoms in total. The van der Waals surface area contributed by atoms with E-state index in [1.807, 2.05) is 0 Å². The van der Waals surface area contributed by atoms with Crippen LogP contribution in [0.1, 0.15) is 37.9 Å². The number of benzene rings is 1. The van der Waals surface area contributed by atoms with Crippen LogP contribution < -0.4 is 27.4 Å². The smallest absolute Gasteiger partial charge is 0.326 e. The summed E-state index contributed by atoms with van der Waals surface area (Å²) in [6.45, 7) is 3.49. The number of nitrogens with two attached hydrogens (primary N) is 2. The van der Waals surface area contributed by atoms with Crippen molar-refractivity contribution in [3.63, 3.8) is 0 Å². The number of primary amides is 1. The predicted molar refractivity (Wildman–Crippen MR) is 139 cm³/mol. The Labute approximate surface area is 224 Å². The molecule has 0 fully saturated rings. The fourth-order valence-corrected chi connectivity index (χ4v) is 3.56. The third kappa shape index (κ3) is 10.1. The monoisotopic (exact) mass is 545 g/mol. The van der Waals surface area contributed by atoms with Crippen LogP contribution in [-0.2, 0) is 36.8 Å². The standard InChI is InChI=1S/C25H35N7O7/c1-13(2)21(27)24(37)31-18(10-15-11-28-12-29-15)23(36)30-17(7-8-20(26)34)22(35)32-19(25(38)39)9-14-3-5-16(33)6-4-14/h3-6,11-13,17-19,21,33H,7-10,27H2,1-2H3,(H2,26,34)(H,28,29)(H,30,36)(H,31,37)(H,32,35)(H,38,39). The molecule has 0 bridgehead atoms. The number of carboxylic acids is 1. The van der Waals surface area contributed by atoms with Crippen molar-refractivity contribution >= 4 is 29.6 Å². The largest absolute Gasteiger partial charge is 0.508 e. The molecule has 1 aromatic heterocycles. The molecule has 4 unspecified atom stereocenters. The van der Waals surface area contributed by atoms with E-state index in [4.69, 9.17) is 11.5 Å². The van der Waals surface area contributed by atoms with E-state index in [1.54, 1.807) is 13.8 Å². The summed E-state index contributed by atoms with van der Waals surface area (Å²) >= 11 is 0. The van der Waals surface area contributed by atoms with Crippen LogP contribution in [-0.4, -0.2) is 73.9 Å². The lowest BCUT2D eigenvalue weighted by atomic mass is 10.0. The van der Waals surface area contributed by atoms with Gasteiger partial charge in [0.1, 0.15) is 23.9 Å². The molecular weight excluding hydrogens is 510 g/mol. The van der Waals surface area contributed by atoms with Gasteiger partial charge in [0, 0.05) is 31.2 Å². The van der Waals surface area contributed by atoms with Crippen LogP contribution in [0.4, 0.5) is 0 Å². The molecule has 0 aliphatic rings. The number of aromatic nitrogens is 2. The van der Waals surface area contributed by atoms with Gasteiger partial charge in [-0.05, 0) is 30.0 Å². The highest BCUT2D eigenvalue weighted by Crippen LogP contribution is 2.12. The summed E-state index contributed by atoms with van der Waals surface area (Å²) in [5.74, 6) is -4.48. The number of carboxylic acid groups (broad SMARTS) is 1. The van der Waals surface area contributed by atoms with E-state index >= 15 is 0 Å². The number of aromatic amines is 1. The highest BCUT2D eigenvalue weighted by atomic mass is 16.4. The lowest BCUT2D eigenvalue weighted by molar-refractivity contribution is -0.142. The zero-order valence-corrected chi connectivity index (χ0v) is 21.7. The summed E-state index contributed by atoms with van der Waals surface area (Å²) in [5, 5.41) is 26.5. The topological polar surface area (TPSA) is 243 Å². The highest BCUT2D eigenvalue weighted by Gasteiger charge is 2.31. The van der Waals surface area contributed by atoms with E-state index in [9.17, 15) is 34.2 Å². The molecule has 2 aromatic rings. The minimum absolute atomic E-state index is 0.00462. The summed E-state index contributed by atoms with van der Waals surface area (Å²) in [4.78, 5) is 69.0. The number of H-pyrrole nitrogens is 1. The summed E-state index contributed by atoms with van der Waals surface area (Å²) in [6.07, 6.45) is 2.26. The molecule has 4 atom stereocenters. The zero-order chi connectivity index (χ0) is 29.1. The molecule has 10 N–H and O–H groups in total. The zero-order valence-electron chi connectivity index (χ0n) is 21.7. The SMILES string of the molecule is CC(C)C(N)C(=O)NC(Cc1cnc[nH]1)C(=O)NC(CCC(N)=O)C(=O)NC(Cc1ccc(O)cc1)C(=O)O. The maximum absolute atomic E-state index is 13.3. The lowest BCUT2D eigenvalue weighted by Gasteiger charge is -2.25. The van der Waals surface area contributed by atoms with Gasteiger partial charge in [-0.2, -0.15) is 0 Å². The van der Waals surface area contributed by atoms with Gasteiger partial charge in [0.05, 0.1) is 12.4 Å². The Balaban J connectivity index is 2.22. The summed E-state index contributed by atoms with van der Waals surface area (Å²) in [6, 6.07) is 0.997. The Bertz CT molecular complexity index is 1140. The molecule has 0 aliphatic heterocycles. The summed E-state index contributed by atoms with van der Waals surface area (Å²) in [7, 11) is 0. The molecule has 2 rings (SSSR count). The van der Waals surface area contributed by atoms with E-state index in [-0.39, 0.29) is 37.4 Å². The fourth-order valence-electron chi connectivity index (χ4n) is 3.56. The number of aromatic hydroxyl groups is 1. The van der Waals surface area contributed by atoms with Crippen LogP contribution in [0.15, 0.2) is 36.8 Å². The van der Waals surface area contributed by atoms with Crippen LogP contribution in [0.25, 0.3) is 0 Å². The van der Waals surface area contributed by atoms with Crippen molar-refractivity contribution in [2.24, 2.45) is 17.4 Å². The molecule has 212 valence electrons. The molecule has 39 heavy (non-hydrogen) atoms. The van der Waals surface area contributed by atoms with Gasteiger partial charge in [-0.3, -0.25) is 19.2 Å². The van der Waals surface area contributed by atoms with Gasteiger partial charge in [0.25, 0.3) is 0 Å². The number of carbonyl (C=O) groups is 5. The molecular formula is C25H35N7O7. The number of hydrogen-bond acceptors (Lipinski definition) is 8. The number of nitrogens with zero attached hydrogens (tertiary/aromatic N) is 1. The van der Waals surface area contributed by atoms with Crippen LogP contribution in [0.3, 0.4) is 0 Å². The first-order valence-electron chi connectivity index (χ1n) is 12.3. The first-order chi connectivity index (χ1) is 18.4. The van der Waals surface area contributed by atoms with Gasteiger partial charge in [0.2, 0.25) is 23.6 Å². The second-order valence-corrected chi connectivity index (χ2v) is 9.45. The summed E-state index contributed by atoms with van der Waals surface area (Å²) < 4.78 is 0. The highest BCUT2D eigenvalue weighted by molar-refractivity contribution is 5.94. The van der Waals surface area contributed by atoms with Crippen molar-refractivity contribution in [3.8, 4) is 5.75 Å². The van der Waals surface area contributed by atoms with Gasteiger partial charge >= 0.3 is 5.97 Å². The van der Waals surface area contributed by atoms with Crippen LogP contribution in [0.2, 0.25) is 0 Å². The van der Waals surface area contributed by atoms with Crippen LogP contribution in [0, 0.1) is 5.92 Å². The molecule has 1 aromatic carbocycles. The van der Waals surface area contributed by atoms with Gasteiger partial charge < -0.3 is 42.6 Å². The lowest BCUT2D eigenvalue weighted by Crippen LogP contribution is -2.58. The van der Waals surface area contributed by atoms with Crippen molar-refractivity contribution in [2.75, 3.05) is 0 Å². The first-order valence-corrected chi connectivity index (χ1v) is 12.3. The van der Waals surface area contributed by atoms with Gasteiger partial charge in [-0.1, -0.05) is 26.0 Å².